The van der Waals surface area contributed by atoms with Gasteiger partial charge in [0.15, 0.2) is 0 Å². The van der Waals surface area contributed by atoms with Crippen LogP contribution in [0.15, 0.2) is 0 Å². The zero-order valence-electron chi connectivity index (χ0n) is 18.9. The molecule has 0 radical (unpaired) electrons. The largest absolute Gasteiger partial charge is 0.466 e. The molecule has 0 spiro atoms. The molecule has 0 aromatic carbocycles. The fourth-order valence-corrected chi connectivity index (χ4v) is 3.21. The predicted octanol–water partition coefficient (Wildman–Crippen LogP) is 6.99. The molecule has 0 aliphatic carbocycles. The Morgan fingerprint density at radius 2 is 1.18 bits per heavy atom. The molecule has 4 heteroatoms. The summed E-state index contributed by atoms with van der Waals surface area (Å²) in [4.78, 5) is 23.5. The third kappa shape index (κ3) is 18.3. The Kier molecular flexibility index (Phi) is 19.9. The molecule has 0 aromatic heterocycles. The van der Waals surface area contributed by atoms with Crippen LogP contribution in [0.4, 0.5) is 0 Å². The SMILES string of the molecule is CCCCCCCCCCOC(=O)CCCCC(=O)OCC(CC)CCCC. The third-order valence-electron chi connectivity index (χ3n) is 5.30. The number of rotatable bonds is 20. The van der Waals surface area contributed by atoms with Crippen molar-refractivity contribution in [3.05, 3.63) is 0 Å². The average Bonchev–Trinajstić information content (AvgIpc) is 2.70. The van der Waals surface area contributed by atoms with E-state index in [1.165, 1.54) is 51.4 Å². The number of hydrogen-bond donors (Lipinski definition) is 0. The molecule has 0 saturated carbocycles. The van der Waals surface area contributed by atoms with Crippen LogP contribution in [0.2, 0.25) is 0 Å². The first-order valence-corrected chi connectivity index (χ1v) is 11.9. The van der Waals surface area contributed by atoms with Gasteiger partial charge in [0, 0.05) is 12.8 Å². The topological polar surface area (TPSA) is 52.6 Å². The second kappa shape index (κ2) is 20.7. The van der Waals surface area contributed by atoms with Crippen molar-refractivity contribution in [2.24, 2.45) is 5.92 Å². The highest BCUT2D eigenvalue weighted by Gasteiger charge is 2.10. The van der Waals surface area contributed by atoms with E-state index in [0.29, 0.717) is 44.8 Å². The Morgan fingerprint density at radius 3 is 1.75 bits per heavy atom. The van der Waals surface area contributed by atoms with Crippen LogP contribution in [0.5, 0.6) is 0 Å². The monoisotopic (exact) mass is 398 g/mol. The molecule has 1 atom stereocenters. The molecular formula is C24H46O4. The van der Waals surface area contributed by atoms with Gasteiger partial charge in [0.25, 0.3) is 0 Å². The lowest BCUT2D eigenvalue weighted by atomic mass is 10.0. The molecule has 0 rings (SSSR count). The average molecular weight is 399 g/mol. The van der Waals surface area contributed by atoms with Crippen LogP contribution >= 0.6 is 0 Å². The maximum Gasteiger partial charge on any atom is 0.305 e. The van der Waals surface area contributed by atoms with E-state index in [0.717, 1.165) is 25.7 Å². The lowest BCUT2D eigenvalue weighted by Crippen LogP contribution is -2.14. The molecule has 0 amide bonds. The highest BCUT2D eigenvalue weighted by atomic mass is 16.5. The van der Waals surface area contributed by atoms with Gasteiger partial charge in [-0.25, -0.2) is 0 Å². The quantitative estimate of drug-likeness (QED) is 0.164. The van der Waals surface area contributed by atoms with Crippen molar-refractivity contribution < 1.29 is 19.1 Å². The van der Waals surface area contributed by atoms with E-state index < -0.39 is 0 Å². The Morgan fingerprint density at radius 1 is 0.643 bits per heavy atom. The molecule has 0 fully saturated rings. The summed E-state index contributed by atoms with van der Waals surface area (Å²) < 4.78 is 10.6. The fourth-order valence-electron chi connectivity index (χ4n) is 3.21. The van der Waals surface area contributed by atoms with Crippen molar-refractivity contribution in [2.75, 3.05) is 13.2 Å². The summed E-state index contributed by atoms with van der Waals surface area (Å²) in [6.45, 7) is 7.63. The van der Waals surface area contributed by atoms with E-state index in [4.69, 9.17) is 9.47 Å². The van der Waals surface area contributed by atoms with E-state index in [1.807, 2.05) is 0 Å². The van der Waals surface area contributed by atoms with Gasteiger partial charge >= 0.3 is 11.9 Å². The summed E-state index contributed by atoms with van der Waals surface area (Å²) in [6, 6.07) is 0. The van der Waals surface area contributed by atoms with Crippen LogP contribution in [0.3, 0.4) is 0 Å². The maximum atomic E-state index is 11.8. The fraction of sp³-hybridized carbons (Fsp3) is 0.917. The zero-order valence-corrected chi connectivity index (χ0v) is 18.9. The van der Waals surface area contributed by atoms with Crippen LogP contribution in [0, 0.1) is 5.92 Å². The Balaban J connectivity index is 3.47. The number of esters is 2. The van der Waals surface area contributed by atoms with Crippen LogP contribution in [-0.2, 0) is 19.1 Å². The van der Waals surface area contributed by atoms with Gasteiger partial charge in [0.2, 0.25) is 0 Å². The first-order valence-electron chi connectivity index (χ1n) is 11.9. The van der Waals surface area contributed by atoms with Crippen molar-refractivity contribution >= 4 is 11.9 Å². The third-order valence-corrected chi connectivity index (χ3v) is 5.30. The van der Waals surface area contributed by atoms with Gasteiger partial charge in [0.1, 0.15) is 0 Å². The van der Waals surface area contributed by atoms with Crippen molar-refractivity contribution in [1.29, 1.82) is 0 Å². The van der Waals surface area contributed by atoms with E-state index in [9.17, 15) is 9.59 Å². The van der Waals surface area contributed by atoms with Gasteiger partial charge in [-0.15, -0.1) is 0 Å². The Bertz CT molecular complexity index is 368. The normalized spacial score (nSPS) is 12.0. The first kappa shape index (κ1) is 26.9. The molecule has 0 aliphatic rings. The van der Waals surface area contributed by atoms with Crippen molar-refractivity contribution in [3.8, 4) is 0 Å². The van der Waals surface area contributed by atoms with Crippen molar-refractivity contribution in [3.63, 3.8) is 0 Å². The number of ether oxygens (including phenoxy) is 2. The minimum atomic E-state index is -0.137. The molecule has 0 bridgehead atoms. The van der Waals surface area contributed by atoms with Gasteiger partial charge in [-0.3, -0.25) is 9.59 Å². The lowest BCUT2D eigenvalue weighted by Gasteiger charge is -2.14. The van der Waals surface area contributed by atoms with E-state index in [1.54, 1.807) is 0 Å². The van der Waals surface area contributed by atoms with Crippen LogP contribution in [-0.4, -0.2) is 25.2 Å². The molecular weight excluding hydrogens is 352 g/mol. The second-order valence-electron chi connectivity index (χ2n) is 8.00. The van der Waals surface area contributed by atoms with Gasteiger partial charge in [-0.2, -0.15) is 0 Å². The molecule has 1 unspecified atom stereocenters. The number of unbranched alkanes of at least 4 members (excludes halogenated alkanes) is 9. The molecule has 28 heavy (non-hydrogen) atoms. The molecule has 0 saturated heterocycles. The van der Waals surface area contributed by atoms with Gasteiger partial charge in [0.05, 0.1) is 13.2 Å². The van der Waals surface area contributed by atoms with E-state index >= 15 is 0 Å². The molecule has 4 nitrogen and oxygen atoms in total. The van der Waals surface area contributed by atoms with Crippen molar-refractivity contribution in [2.45, 2.75) is 124 Å². The van der Waals surface area contributed by atoms with Crippen LogP contribution in [0.25, 0.3) is 0 Å². The van der Waals surface area contributed by atoms with E-state index in [-0.39, 0.29) is 11.9 Å². The first-order chi connectivity index (χ1) is 13.6. The summed E-state index contributed by atoms with van der Waals surface area (Å²) in [6.07, 6.45) is 16.7. The van der Waals surface area contributed by atoms with Gasteiger partial charge in [-0.05, 0) is 31.6 Å². The standard InChI is InChI=1S/C24H46O4/c1-4-7-9-10-11-12-13-16-20-27-23(25)18-14-15-19-24(26)28-21-22(6-3)17-8-5-2/h22H,4-21H2,1-3H3. The van der Waals surface area contributed by atoms with Gasteiger partial charge in [-0.1, -0.05) is 85.0 Å². The number of carbonyl (C=O) groups excluding carboxylic acids is 2. The summed E-state index contributed by atoms with van der Waals surface area (Å²) in [5.41, 5.74) is 0. The minimum Gasteiger partial charge on any atom is -0.466 e. The number of hydrogen-bond acceptors (Lipinski definition) is 4. The highest BCUT2D eigenvalue weighted by Crippen LogP contribution is 2.14. The predicted molar refractivity (Wildman–Crippen MR) is 116 cm³/mol. The maximum absolute atomic E-state index is 11.8. The summed E-state index contributed by atoms with van der Waals surface area (Å²) in [5.74, 6) is 0.208. The lowest BCUT2D eigenvalue weighted by molar-refractivity contribution is -0.146. The van der Waals surface area contributed by atoms with Crippen molar-refractivity contribution in [1.82, 2.24) is 0 Å². The number of carbonyl (C=O) groups is 2. The smallest absolute Gasteiger partial charge is 0.305 e. The van der Waals surface area contributed by atoms with Crippen LogP contribution in [0.1, 0.15) is 124 Å². The zero-order chi connectivity index (χ0) is 20.9. The molecule has 0 heterocycles. The van der Waals surface area contributed by atoms with E-state index in [2.05, 4.69) is 20.8 Å². The van der Waals surface area contributed by atoms with Crippen LogP contribution < -0.4 is 0 Å². The molecule has 0 aromatic rings. The minimum absolute atomic E-state index is 0.137. The molecule has 0 aliphatic heterocycles. The Labute approximate surface area is 174 Å². The summed E-state index contributed by atoms with van der Waals surface area (Å²) in [5, 5.41) is 0. The second-order valence-corrected chi connectivity index (χ2v) is 8.00. The Hall–Kier alpha value is -1.06. The molecule has 0 N–H and O–H groups in total. The highest BCUT2D eigenvalue weighted by molar-refractivity contribution is 5.70. The summed E-state index contributed by atoms with van der Waals surface area (Å²) >= 11 is 0. The van der Waals surface area contributed by atoms with Gasteiger partial charge < -0.3 is 9.47 Å². The summed E-state index contributed by atoms with van der Waals surface area (Å²) in [7, 11) is 0. The molecule has 166 valence electrons.